The first-order valence-corrected chi connectivity index (χ1v) is 5.83. The van der Waals surface area contributed by atoms with E-state index in [9.17, 15) is 0 Å². The number of benzene rings is 1. The maximum absolute atomic E-state index is 9.10. The van der Waals surface area contributed by atoms with Gasteiger partial charge in [0, 0.05) is 16.0 Å². The van der Waals surface area contributed by atoms with E-state index in [1.807, 2.05) is 24.4 Å². The van der Waals surface area contributed by atoms with E-state index < -0.39 is 0 Å². The van der Waals surface area contributed by atoms with Gasteiger partial charge in [0.15, 0.2) is 4.34 Å². The van der Waals surface area contributed by atoms with E-state index in [1.54, 1.807) is 35.2 Å². The molecular weight excluding hydrogens is 214 g/mol. The van der Waals surface area contributed by atoms with Crippen LogP contribution in [0.4, 0.5) is 0 Å². The van der Waals surface area contributed by atoms with Crippen LogP contribution in [0.3, 0.4) is 0 Å². The van der Waals surface area contributed by atoms with E-state index >= 15 is 0 Å². The number of aromatic nitrogens is 1. The van der Waals surface area contributed by atoms with Gasteiger partial charge < -0.3 is 5.11 Å². The highest BCUT2D eigenvalue weighted by atomic mass is 32.2. The molecule has 0 bridgehead atoms. The molecule has 0 fully saturated rings. The zero-order valence-electron chi connectivity index (χ0n) is 7.60. The molecule has 2 aromatic rings. The van der Waals surface area contributed by atoms with Crippen molar-refractivity contribution in [1.29, 1.82) is 0 Å². The van der Waals surface area contributed by atoms with Crippen LogP contribution in [0.5, 0.6) is 5.75 Å². The van der Waals surface area contributed by atoms with Crippen molar-refractivity contribution in [1.82, 2.24) is 4.98 Å². The minimum absolute atomic E-state index is 0.296. The Labute approximate surface area is 90.6 Å². The van der Waals surface area contributed by atoms with Crippen molar-refractivity contribution in [3.63, 3.8) is 0 Å². The lowest BCUT2D eigenvalue weighted by molar-refractivity contribution is 0.475. The fourth-order valence-corrected chi connectivity index (χ4v) is 2.80. The van der Waals surface area contributed by atoms with Crippen LogP contribution >= 0.6 is 23.1 Å². The Morgan fingerprint density at radius 1 is 1.29 bits per heavy atom. The van der Waals surface area contributed by atoms with Crippen molar-refractivity contribution in [3.8, 4) is 5.75 Å². The zero-order valence-corrected chi connectivity index (χ0v) is 9.23. The number of hydrogen-bond donors (Lipinski definition) is 1. The number of thiazole rings is 1. The minimum Gasteiger partial charge on any atom is -0.508 e. The van der Waals surface area contributed by atoms with E-state index in [-0.39, 0.29) is 0 Å². The Kier molecular flexibility index (Phi) is 2.74. The number of rotatable bonds is 2. The second-order valence-corrected chi connectivity index (χ2v) is 5.03. The molecule has 0 saturated heterocycles. The van der Waals surface area contributed by atoms with Gasteiger partial charge in [0.05, 0.1) is 0 Å². The topological polar surface area (TPSA) is 33.1 Å². The number of nitrogens with zero attached hydrogens (tertiary/aromatic N) is 1. The molecule has 0 spiro atoms. The number of hydrogen-bond acceptors (Lipinski definition) is 4. The van der Waals surface area contributed by atoms with Gasteiger partial charge in [0.1, 0.15) is 5.75 Å². The first-order chi connectivity index (χ1) is 6.74. The fourth-order valence-electron chi connectivity index (χ4n) is 0.994. The first kappa shape index (κ1) is 9.55. The average Bonchev–Trinajstić information content (AvgIpc) is 2.56. The van der Waals surface area contributed by atoms with Crippen LogP contribution in [0, 0.1) is 6.92 Å². The van der Waals surface area contributed by atoms with Crippen molar-refractivity contribution < 1.29 is 5.11 Å². The molecule has 1 aromatic carbocycles. The molecule has 0 amide bonds. The number of aromatic hydroxyl groups is 1. The molecule has 1 aromatic heterocycles. The third kappa shape index (κ3) is 2.27. The molecule has 1 N–H and O–H groups in total. The Hall–Kier alpha value is -1.00. The average molecular weight is 223 g/mol. The summed E-state index contributed by atoms with van der Waals surface area (Å²) in [5, 5.41) is 11.1. The summed E-state index contributed by atoms with van der Waals surface area (Å²) >= 11 is 3.25. The number of phenolic OH excluding ortho intramolecular Hbond substituents is 1. The summed E-state index contributed by atoms with van der Waals surface area (Å²) < 4.78 is 1.04. The molecular formula is C10H9NOS2. The van der Waals surface area contributed by atoms with Gasteiger partial charge in [-0.1, -0.05) is 11.8 Å². The largest absolute Gasteiger partial charge is 0.508 e. The van der Waals surface area contributed by atoms with E-state index in [2.05, 4.69) is 4.98 Å². The van der Waals surface area contributed by atoms with Crippen LogP contribution < -0.4 is 0 Å². The van der Waals surface area contributed by atoms with Crippen LogP contribution in [0.25, 0.3) is 0 Å². The van der Waals surface area contributed by atoms with Gasteiger partial charge in [0.2, 0.25) is 0 Å². The van der Waals surface area contributed by atoms with Crippen LogP contribution in [-0.2, 0) is 0 Å². The minimum atomic E-state index is 0.296. The molecule has 14 heavy (non-hydrogen) atoms. The summed E-state index contributed by atoms with van der Waals surface area (Å²) in [5.74, 6) is 0.296. The number of aryl methyl sites for hydroxylation is 1. The van der Waals surface area contributed by atoms with Crippen molar-refractivity contribution in [2.45, 2.75) is 16.2 Å². The molecule has 72 valence electrons. The van der Waals surface area contributed by atoms with E-state index in [1.165, 1.54) is 0 Å². The summed E-state index contributed by atoms with van der Waals surface area (Å²) in [6, 6.07) is 7.14. The Balaban J connectivity index is 2.15. The molecule has 4 heteroatoms. The second-order valence-electron chi connectivity index (χ2n) is 2.85. The first-order valence-electron chi connectivity index (χ1n) is 4.13. The molecule has 0 saturated carbocycles. The smallest absolute Gasteiger partial charge is 0.154 e. The highest BCUT2D eigenvalue weighted by molar-refractivity contribution is 8.01. The third-order valence-corrected chi connectivity index (χ3v) is 3.70. The van der Waals surface area contributed by atoms with Crippen molar-refractivity contribution >= 4 is 23.1 Å². The molecule has 1 heterocycles. The van der Waals surface area contributed by atoms with Gasteiger partial charge in [-0.3, -0.25) is 0 Å². The monoisotopic (exact) mass is 223 g/mol. The van der Waals surface area contributed by atoms with Gasteiger partial charge in [-0.2, -0.15) is 0 Å². The summed E-state index contributed by atoms with van der Waals surface area (Å²) in [5.41, 5.74) is 1.05. The van der Waals surface area contributed by atoms with Crippen molar-refractivity contribution in [2.75, 3.05) is 0 Å². The molecule has 0 aliphatic carbocycles. The zero-order chi connectivity index (χ0) is 9.97. The summed E-state index contributed by atoms with van der Waals surface area (Å²) in [4.78, 5) is 5.44. The van der Waals surface area contributed by atoms with Crippen molar-refractivity contribution in [2.24, 2.45) is 0 Å². The summed E-state index contributed by atoms with van der Waals surface area (Å²) in [6.07, 6.45) is 0. The van der Waals surface area contributed by atoms with Crippen LogP contribution in [0.15, 0.2) is 38.9 Å². The highest BCUT2D eigenvalue weighted by Gasteiger charge is 2.01. The van der Waals surface area contributed by atoms with Crippen LogP contribution in [0.2, 0.25) is 0 Å². The van der Waals surface area contributed by atoms with Gasteiger partial charge in [0.25, 0.3) is 0 Å². The Morgan fingerprint density at radius 2 is 2.00 bits per heavy atom. The lowest BCUT2D eigenvalue weighted by Gasteiger charge is -1.96. The Morgan fingerprint density at radius 3 is 2.57 bits per heavy atom. The molecule has 0 unspecified atom stereocenters. The molecule has 2 rings (SSSR count). The maximum Gasteiger partial charge on any atom is 0.154 e. The Bertz CT molecular complexity index is 422. The summed E-state index contributed by atoms with van der Waals surface area (Å²) in [6.45, 7) is 1.98. The van der Waals surface area contributed by atoms with E-state index in [0.717, 1.165) is 14.9 Å². The highest BCUT2D eigenvalue weighted by Crippen LogP contribution is 2.30. The normalized spacial score (nSPS) is 10.4. The second kappa shape index (κ2) is 4.02. The molecule has 0 aliphatic heterocycles. The molecule has 0 radical (unpaired) electrons. The fraction of sp³-hybridized carbons (Fsp3) is 0.100. The standard InChI is InChI=1S/C10H9NOS2/c1-7-6-13-10(11-7)14-9-4-2-8(12)3-5-9/h2-6,12H,1H3. The molecule has 0 aliphatic rings. The SMILES string of the molecule is Cc1csc(Sc2ccc(O)cc2)n1. The van der Waals surface area contributed by atoms with E-state index in [4.69, 9.17) is 5.11 Å². The lowest BCUT2D eigenvalue weighted by Crippen LogP contribution is -1.72. The van der Waals surface area contributed by atoms with Gasteiger partial charge in [-0.15, -0.1) is 11.3 Å². The quantitative estimate of drug-likeness (QED) is 0.848. The van der Waals surface area contributed by atoms with Crippen molar-refractivity contribution in [3.05, 3.63) is 35.3 Å². The third-order valence-electron chi connectivity index (χ3n) is 1.64. The van der Waals surface area contributed by atoms with Crippen LogP contribution in [-0.4, -0.2) is 10.1 Å². The predicted molar refractivity (Wildman–Crippen MR) is 59.1 cm³/mol. The molecule has 2 nitrogen and oxygen atoms in total. The maximum atomic E-state index is 9.10. The molecule has 0 atom stereocenters. The predicted octanol–water partition coefficient (Wildman–Crippen LogP) is 3.31. The van der Waals surface area contributed by atoms with Gasteiger partial charge >= 0.3 is 0 Å². The van der Waals surface area contributed by atoms with Gasteiger partial charge in [-0.05, 0) is 31.2 Å². The lowest BCUT2D eigenvalue weighted by atomic mass is 10.3. The van der Waals surface area contributed by atoms with Gasteiger partial charge in [-0.25, -0.2) is 4.98 Å². The summed E-state index contributed by atoms with van der Waals surface area (Å²) in [7, 11) is 0. The van der Waals surface area contributed by atoms with Crippen LogP contribution in [0.1, 0.15) is 5.69 Å². The van der Waals surface area contributed by atoms with E-state index in [0.29, 0.717) is 5.75 Å². The number of phenols is 1.